The van der Waals surface area contributed by atoms with E-state index >= 15 is 0 Å². The summed E-state index contributed by atoms with van der Waals surface area (Å²) in [7, 11) is 0. The Morgan fingerprint density at radius 1 is 0.857 bits per heavy atom. The Bertz CT molecular complexity index is 1060. The lowest BCUT2D eigenvalue weighted by atomic mass is 10.00. The van der Waals surface area contributed by atoms with Gasteiger partial charge in [0.1, 0.15) is 11.5 Å². The zero-order valence-corrected chi connectivity index (χ0v) is 16.4. The fourth-order valence-electron chi connectivity index (χ4n) is 3.48. The van der Waals surface area contributed by atoms with Crippen LogP contribution in [0.2, 0.25) is 5.02 Å². The number of nitrogens with one attached hydrogen (secondary N) is 1. The molecule has 0 saturated heterocycles. The van der Waals surface area contributed by atoms with Crippen LogP contribution in [0.4, 0.5) is 0 Å². The summed E-state index contributed by atoms with van der Waals surface area (Å²) in [5.74, 6) is 1.67. The van der Waals surface area contributed by atoms with Gasteiger partial charge in [-0.2, -0.15) is 0 Å². The molecule has 28 heavy (non-hydrogen) atoms. The van der Waals surface area contributed by atoms with E-state index < -0.39 is 0 Å². The van der Waals surface area contributed by atoms with Gasteiger partial charge in [-0.1, -0.05) is 41.9 Å². The second-order valence-corrected chi connectivity index (χ2v) is 7.29. The summed E-state index contributed by atoms with van der Waals surface area (Å²) in [6.45, 7) is 0.709. The van der Waals surface area contributed by atoms with Crippen molar-refractivity contribution in [2.75, 3.05) is 6.54 Å². The Morgan fingerprint density at radius 3 is 2.39 bits per heavy atom. The van der Waals surface area contributed by atoms with Crippen molar-refractivity contribution in [1.82, 2.24) is 4.98 Å². The van der Waals surface area contributed by atoms with E-state index in [1.807, 2.05) is 48.5 Å². The van der Waals surface area contributed by atoms with Crippen LogP contribution in [-0.4, -0.2) is 11.5 Å². The highest BCUT2D eigenvalue weighted by Crippen LogP contribution is 2.35. The lowest BCUT2D eigenvalue weighted by Crippen LogP contribution is -1.99. The lowest BCUT2D eigenvalue weighted by Gasteiger charge is -2.07. The molecule has 0 atom stereocenters. The third kappa shape index (κ3) is 4.06. The summed E-state index contributed by atoms with van der Waals surface area (Å²) in [5.41, 5.74) is 10.4. The van der Waals surface area contributed by atoms with Crippen LogP contribution >= 0.6 is 11.6 Å². The minimum atomic E-state index is 0.709. The van der Waals surface area contributed by atoms with E-state index in [0.29, 0.717) is 6.54 Å². The average molecular weight is 391 g/mol. The number of hydrogen-bond acceptors (Lipinski definition) is 2. The molecule has 0 aliphatic rings. The maximum atomic E-state index is 6.08. The highest BCUT2D eigenvalue weighted by molar-refractivity contribution is 6.30. The molecule has 0 amide bonds. The van der Waals surface area contributed by atoms with Gasteiger partial charge in [0, 0.05) is 21.6 Å². The van der Waals surface area contributed by atoms with E-state index in [0.717, 1.165) is 52.6 Å². The van der Waals surface area contributed by atoms with Crippen molar-refractivity contribution in [3.8, 4) is 22.8 Å². The number of nitrogens with two attached hydrogens (primary N) is 1. The molecule has 0 aliphatic heterocycles. The van der Waals surface area contributed by atoms with Crippen molar-refractivity contribution in [2.45, 2.75) is 19.3 Å². The zero-order chi connectivity index (χ0) is 19.3. The summed E-state index contributed by atoms with van der Waals surface area (Å²) in [6, 6.07) is 24.0. The zero-order valence-electron chi connectivity index (χ0n) is 15.6. The lowest BCUT2D eigenvalue weighted by molar-refractivity contribution is 0.483. The molecule has 4 aromatic rings. The maximum absolute atomic E-state index is 6.08. The molecule has 3 nitrogen and oxygen atoms in total. The highest BCUT2D eigenvalue weighted by atomic mass is 35.5. The second kappa shape index (κ2) is 8.51. The molecule has 0 fully saturated rings. The topological polar surface area (TPSA) is 51.0 Å². The van der Waals surface area contributed by atoms with E-state index in [1.165, 1.54) is 10.9 Å². The van der Waals surface area contributed by atoms with Crippen LogP contribution in [0, 0.1) is 0 Å². The fraction of sp³-hybridized carbons (Fsp3) is 0.167. The van der Waals surface area contributed by atoms with Crippen LogP contribution in [0.25, 0.3) is 22.2 Å². The summed E-state index contributed by atoms with van der Waals surface area (Å²) in [6.07, 6.45) is 3.02. The molecule has 0 unspecified atom stereocenters. The number of halogens is 1. The highest BCUT2D eigenvalue weighted by Gasteiger charge is 2.14. The van der Waals surface area contributed by atoms with Crippen molar-refractivity contribution >= 4 is 22.5 Å². The number of unbranched alkanes of at least 4 members (excludes halogenated alkanes) is 1. The quantitative estimate of drug-likeness (QED) is 0.351. The van der Waals surface area contributed by atoms with Crippen molar-refractivity contribution in [3.63, 3.8) is 0 Å². The largest absolute Gasteiger partial charge is 0.457 e. The molecule has 4 rings (SSSR count). The molecule has 4 heteroatoms. The molecule has 3 N–H and O–H groups in total. The van der Waals surface area contributed by atoms with Gasteiger partial charge in [-0.25, -0.2) is 0 Å². The smallest absolute Gasteiger partial charge is 0.128 e. The monoisotopic (exact) mass is 390 g/mol. The van der Waals surface area contributed by atoms with Gasteiger partial charge in [-0.15, -0.1) is 0 Å². The van der Waals surface area contributed by atoms with Crippen LogP contribution in [-0.2, 0) is 6.42 Å². The Hall–Kier alpha value is -2.75. The minimum absolute atomic E-state index is 0.709. The van der Waals surface area contributed by atoms with Crippen molar-refractivity contribution in [2.24, 2.45) is 5.73 Å². The fourth-order valence-corrected chi connectivity index (χ4v) is 3.61. The first-order valence-corrected chi connectivity index (χ1v) is 9.96. The Morgan fingerprint density at radius 2 is 1.64 bits per heavy atom. The van der Waals surface area contributed by atoms with Crippen molar-refractivity contribution in [1.29, 1.82) is 0 Å². The first-order chi connectivity index (χ1) is 13.7. The van der Waals surface area contributed by atoms with Crippen LogP contribution in [0.3, 0.4) is 0 Å². The van der Waals surface area contributed by atoms with Gasteiger partial charge in [-0.05, 0) is 79.4 Å². The van der Waals surface area contributed by atoms with Gasteiger partial charge in [0.25, 0.3) is 0 Å². The van der Waals surface area contributed by atoms with Gasteiger partial charge in [0.05, 0.1) is 0 Å². The maximum Gasteiger partial charge on any atom is 0.128 e. The number of rotatable bonds is 7. The van der Waals surface area contributed by atoms with E-state index in [2.05, 4.69) is 29.2 Å². The van der Waals surface area contributed by atoms with Gasteiger partial charge in [0.2, 0.25) is 0 Å². The third-order valence-corrected chi connectivity index (χ3v) is 5.12. The van der Waals surface area contributed by atoms with E-state index in [1.54, 1.807) is 0 Å². The van der Waals surface area contributed by atoms with E-state index in [9.17, 15) is 0 Å². The molecule has 1 aromatic heterocycles. The molecule has 0 spiro atoms. The van der Waals surface area contributed by atoms with Crippen LogP contribution < -0.4 is 10.5 Å². The number of benzene rings is 3. The summed E-state index contributed by atoms with van der Waals surface area (Å²) < 4.78 is 6.05. The van der Waals surface area contributed by atoms with Crippen LogP contribution in [0.15, 0.2) is 72.8 Å². The number of hydrogen-bond donors (Lipinski definition) is 2. The molecule has 1 heterocycles. The predicted octanol–water partition coefficient (Wildman–Crippen LogP) is 6.56. The Kier molecular flexibility index (Phi) is 5.65. The molecule has 0 aliphatic carbocycles. The summed E-state index contributed by atoms with van der Waals surface area (Å²) >= 11 is 6.08. The first kappa shape index (κ1) is 18.6. The predicted molar refractivity (Wildman–Crippen MR) is 117 cm³/mol. The minimum Gasteiger partial charge on any atom is -0.457 e. The first-order valence-electron chi connectivity index (χ1n) is 9.58. The van der Waals surface area contributed by atoms with Gasteiger partial charge in [-0.3, -0.25) is 0 Å². The number of aryl methyl sites for hydroxylation is 1. The molecule has 0 bridgehead atoms. The van der Waals surface area contributed by atoms with Crippen LogP contribution in [0.5, 0.6) is 11.5 Å². The number of fused-ring (bicyclic) bond motifs is 1. The standard InChI is InChI=1S/C24H23ClN2O/c25-18-11-9-17(10-12-18)24-21(8-4-5-15-26)22-16-20(13-14-23(22)27-24)28-19-6-2-1-3-7-19/h1-3,6-7,9-14,16,27H,4-5,8,15,26H2. The molecular formula is C24H23ClN2O. The van der Waals surface area contributed by atoms with Gasteiger partial charge >= 0.3 is 0 Å². The number of aromatic amines is 1. The third-order valence-electron chi connectivity index (χ3n) is 4.87. The van der Waals surface area contributed by atoms with E-state index in [4.69, 9.17) is 22.1 Å². The number of para-hydroxylation sites is 1. The molecule has 3 aromatic carbocycles. The molecule has 0 radical (unpaired) electrons. The SMILES string of the molecule is NCCCCc1c(-c2ccc(Cl)cc2)[nH]c2ccc(Oc3ccccc3)cc12. The van der Waals surface area contributed by atoms with E-state index in [-0.39, 0.29) is 0 Å². The molecular weight excluding hydrogens is 368 g/mol. The molecule has 0 saturated carbocycles. The number of aromatic nitrogens is 1. The normalized spacial score (nSPS) is 11.1. The van der Waals surface area contributed by atoms with Crippen LogP contribution in [0.1, 0.15) is 18.4 Å². The molecule has 142 valence electrons. The second-order valence-electron chi connectivity index (χ2n) is 6.85. The van der Waals surface area contributed by atoms with Gasteiger partial charge < -0.3 is 15.5 Å². The van der Waals surface area contributed by atoms with Crippen molar-refractivity contribution in [3.05, 3.63) is 83.4 Å². The number of ether oxygens (including phenoxy) is 1. The summed E-state index contributed by atoms with van der Waals surface area (Å²) in [4.78, 5) is 3.59. The summed E-state index contributed by atoms with van der Waals surface area (Å²) in [5, 5.41) is 1.93. The Balaban J connectivity index is 1.75. The Labute approximate surface area is 170 Å². The van der Waals surface area contributed by atoms with Gasteiger partial charge in [0.15, 0.2) is 0 Å². The van der Waals surface area contributed by atoms with Crippen molar-refractivity contribution < 1.29 is 4.74 Å². The average Bonchev–Trinajstić information content (AvgIpc) is 3.07. The number of H-pyrrole nitrogens is 1.